The first-order valence-corrected chi connectivity index (χ1v) is 5.97. The third-order valence-electron chi connectivity index (χ3n) is 2.76. The molecule has 2 rings (SSSR count). The van der Waals surface area contributed by atoms with Gasteiger partial charge in [-0.1, -0.05) is 12.1 Å². The first kappa shape index (κ1) is 14.0. The van der Waals surface area contributed by atoms with E-state index in [1.165, 1.54) is 13.2 Å². The number of ether oxygens (including phenoxy) is 2. The van der Waals surface area contributed by atoms with Crippen LogP contribution in [0.15, 0.2) is 24.3 Å². The van der Waals surface area contributed by atoms with Gasteiger partial charge in [-0.2, -0.15) is 0 Å². The normalized spacial score (nSPS) is 18.1. The molecular formula is C13H14N2O5. The summed E-state index contributed by atoms with van der Waals surface area (Å²) in [6, 6.07) is 5.68. The molecule has 1 fully saturated rings. The first-order valence-electron chi connectivity index (χ1n) is 5.97. The van der Waals surface area contributed by atoms with Crippen molar-refractivity contribution >= 4 is 23.5 Å². The molecule has 1 aliphatic heterocycles. The number of anilines is 1. The predicted octanol–water partition coefficient (Wildman–Crippen LogP) is -0.0733. The minimum atomic E-state index is -0.776. The van der Waals surface area contributed by atoms with E-state index in [0.29, 0.717) is 5.69 Å². The molecule has 1 saturated heterocycles. The van der Waals surface area contributed by atoms with Crippen LogP contribution >= 0.6 is 0 Å². The number of hydrogen-bond acceptors (Lipinski definition) is 5. The molecular weight excluding hydrogens is 264 g/mol. The van der Waals surface area contributed by atoms with Gasteiger partial charge in [-0.15, -0.1) is 0 Å². The van der Waals surface area contributed by atoms with E-state index in [1.807, 2.05) is 0 Å². The number of carbonyl (C=O) groups excluding carboxylic acids is 3. The van der Waals surface area contributed by atoms with Crippen LogP contribution in [0.25, 0.3) is 0 Å². The quantitative estimate of drug-likeness (QED) is 0.755. The van der Waals surface area contributed by atoms with Crippen molar-refractivity contribution in [3.8, 4) is 0 Å². The Balaban J connectivity index is 2.11. The molecule has 7 heteroatoms. The zero-order chi connectivity index (χ0) is 14.5. The predicted molar refractivity (Wildman–Crippen MR) is 69.2 cm³/mol. The van der Waals surface area contributed by atoms with Gasteiger partial charge in [-0.3, -0.25) is 9.59 Å². The van der Waals surface area contributed by atoms with E-state index >= 15 is 0 Å². The van der Waals surface area contributed by atoms with Gasteiger partial charge in [-0.25, -0.2) is 4.79 Å². The lowest BCUT2D eigenvalue weighted by Crippen LogP contribution is -2.52. The molecule has 0 saturated carbocycles. The van der Waals surface area contributed by atoms with E-state index in [0.717, 1.165) is 0 Å². The molecule has 0 radical (unpaired) electrons. The highest BCUT2D eigenvalue weighted by atomic mass is 16.5. The number of methoxy groups -OCH3 is 1. The van der Waals surface area contributed by atoms with Crippen LogP contribution in [0.5, 0.6) is 0 Å². The molecule has 1 unspecified atom stereocenters. The zero-order valence-corrected chi connectivity index (χ0v) is 10.8. The lowest BCUT2D eigenvalue weighted by atomic mass is 10.1. The van der Waals surface area contributed by atoms with Gasteiger partial charge in [0.15, 0.2) is 0 Å². The highest BCUT2D eigenvalue weighted by Gasteiger charge is 2.26. The van der Waals surface area contributed by atoms with Crippen LogP contribution in [0.2, 0.25) is 0 Å². The molecule has 1 heterocycles. The number of carbonyl (C=O) groups is 3. The lowest BCUT2D eigenvalue weighted by Gasteiger charge is -2.23. The average Bonchev–Trinajstić information content (AvgIpc) is 2.47. The summed E-state index contributed by atoms with van der Waals surface area (Å²) in [4.78, 5) is 34.8. The molecule has 20 heavy (non-hydrogen) atoms. The van der Waals surface area contributed by atoms with Gasteiger partial charge in [0.25, 0.3) is 0 Å². The van der Waals surface area contributed by atoms with E-state index in [-0.39, 0.29) is 24.7 Å². The maximum Gasteiger partial charge on any atom is 0.339 e. The Morgan fingerprint density at radius 1 is 1.40 bits per heavy atom. The molecule has 1 aromatic carbocycles. The molecule has 106 valence electrons. The summed E-state index contributed by atoms with van der Waals surface area (Å²) in [5.74, 6) is -1.35. The van der Waals surface area contributed by atoms with Crippen LogP contribution in [0.1, 0.15) is 10.4 Å². The molecule has 1 aromatic rings. The summed E-state index contributed by atoms with van der Waals surface area (Å²) in [5, 5.41) is 5.09. The monoisotopic (exact) mass is 278 g/mol. The third-order valence-corrected chi connectivity index (χ3v) is 2.76. The minimum Gasteiger partial charge on any atom is -0.465 e. The molecule has 7 nitrogen and oxygen atoms in total. The molecule has 0 aromatic heterocycles. The van der Waals surface area contributed by atoms with Gasteiger partial charge >= 0.3 is 5.97 Å². The maximum absolute atomic E-state index is 12.0. The first-order chi connectivity index (χ1) is 9.61. The Morgan fingerprint density at radius 2 is 2.15 bits per heavy atom. The van der Waals surface area contributed by atoms with Crippen LogP contribution in [0, 0.1) is 0 Å². The fourth-order valence-electron chi connectivity index (χ4n) is 1.79. The Morgan fingerprint density at radius 3 is 2.85 bits per heavy atom. The summed E-state index contributed by atoms with van der Waals surface area (Å²) in [5.41, 5.74) is 0.565. The fourth-order valence-corrected chi connectivity index (χ4v) is 1.79. The molecule has 2 N–H and O–H groups in total. The molecule has 1 aliphatic rings. The standard InChI is InChI=1S/C13H14N2O5/c1-19-13(18)8-4-2-3-5-9(8)15-12(17)10-6-20-7-11(16)14-10/h2-5,10H,6-7H2,1H3,(H,14,16)(H,15,17). The summed E-state index contributed by atoms with van der Waals surface area (Å²) >= 11 is 0. The summed E-state index contributed by atoms with van der Waals surface area (Å²) < 4.78 is 9.62. The number of para-hydroxylation sites is 1. The van der Waals surface area contributed by atoms with Crippen LogP contribution in [-0.2, 0) is 19.1 Å². The smallest absolute Gasteiger partial charge is 0.339 e. The molecule has 1 atom stereocenters. The van der Waals surface area contributed by atoms with E-state index in [2.05, 4.69) is 15.4 Å². The number of rotatable bonds is 3. The van der Waals surface area contributed by atoms with Crippen LogP contribution in [0.4, 0.5) is 5.69 Å². The zero-order valence-electron chi connectivity index (χ0n) is 10.8. The van der Waals surface area contributed by atoms with Crippen molar-refractivity contribution in [1.29, 1.82) is 0 Å². The second kappa shape index (κ2) is 6.16. The van der Waals surface area contributed by atoms with Crippen molar-refractivity contribution in [2.45, 2.75) is 6.04 Å². The minimum absolute atomic E-state index is 0.0530. The second-order valence-corrected chi connectivity index (χ2v) is 4.16. The van der Waals surface area contributed by atoms with Crippen LogP contribution in [-0.4, -0.2) is 44.1 Å². The van der Waals surface area contributed by atoms with E-state index in [1.54, 1.807) is 18.2 Å². The maximum atomic E-state index is 12.0. The van der Waals surface area contributed by atoms with Crippen LogP contribution < -0.4 is 10.6 Å². The summed E-state index contributed by atoms with van der Waals surface area (Å²) in [7, 11) is 1.26. The molecule has 0 aliphatic carbocycles. The number of hydrogen-bond donors (Lipinski definition) is 2. The van der Waals surface area contributed by atoms with E-state index in [9.17, 15) is 14.4 Å². The highest BCUT2D eigenvalue weighted by molar-refractivity contribution is 6.03. The Hall–Kier alpha value is -2.41. The number of amides is 2. The Labute approximate surface area is 115 Å². The second-order valence-electron chi connectivity index (χ2n) is 4.16. The lowest BCUT2D eigenvalue weighted by molar-refractivity contribution is -0.136. The number of benzene rings is 1. The fraction of sp³-hybridized carbons (Fsp3) is 0.308. The number of morpholine rings is 1. The largest absolute Gasteiger partial charge is 0.465 e. The van der Waals surface area contributed by atoms with Gasteiger partial charge in [0.1, 0.15) is 12.6 Å². The van der Waals surface area contributed by atoms with Crippen molar-refractivity contribution in [1.82, 2.24) is 5.32 Å². The highest BCUT2D eigenvalue weighted by Crippen LogP contribution is 2.16. The van der Waals surface area contributed by atoms with Crippen LogP contribution in [0.3, 0.4) is 0 Å². The molecule has 2 amide bonds. The number of esters is 1. The summed E-state index contributed by atoms with van der Waals surface area (Å²) in [6.07, 6.45) is 0. The number of nitrogens with one attached hydrogen (secondary N) is 2. The van der Waals surface area contributed by atoms with Crippen molar-refractivity contribution < 1.29 is 23.9 Å². The Kier molecular flexibility index (Phi) is 4.31. The topological polar surface area (TPSA) is 93.7 Å². The molecule has 0 bridgehead atoms. The molecule has 0 spiro atoms. The van der Waals surface area contributed by atoms with Gasteiger partial charge in [0.05, 0.1) is 25.0 Å². The third kappa shape index (κ3) is 3.12. The van der Waals surface area contributed by atoms with Gasteiger partial charge in [0, 0.05) is 0 Å². The van der Waals surface area contributed by atoms with Crippen molar-refractivity contribution in [3.05, 3.63) is 29.8 Å². The van der Waals surface area contributed by atoms with E-state index in [4.69, 9.17) is 4.74 Å². The van der Waals surface area contributed by atoms with Gasteiger partial charge < -0.3 is 20.1 Å². The van der Waals surface area contributed by atoms with Crippen molar-refractivity contribution in [3.63, 3.8) is 0 Å². The SMILES string of the molecule is COC(=O)c1ccccc1NC(=O)C1COCC(=O)N1. The van der Waals surface area contributed by atoms with Gasteiger partial charge in [0.2, 0.25) is 11.8 Å². The average molecular weight is 278 g/mol. The van der Waals surface area contributed by atoms with E-state index < -0.39 is 17.9 Å². The van der Waals surface area contributed by atoms with Gasteiger partial charge in [-0.05, 0) is 12.1 Å². The Bertz CT molecular complexity index is 543. The van der Waals surface area contributed by atoms with Crippen molar-refractivity contribution in [2.24, 2.45) is 0 Å². The summed E-state index contributed by atoms with van der Waals surface area (Å²) in [6.45, 7) is 0.0422. The van der Waals surface area contributed by atoms with Crippen molar-refractivity contribution in [2.75, 3.05) is 25.6 Å².